The topological polar surface area (TPSA) is 51.1 Å². The van der Waals surface area contributed by atoms with Crippen LogP contribution in [0.4, 0.5) is 0 Å². The number of oxime groups is 1. The summed E-state index contributed by atoms with van der Waals surface area (Å²) in [4.78, 5) is 0. The lowest BCUT2D eigenvalue weighted by Crippen LogP contribution is -1.98. The van der Waals surface area contributed by atoms with Gasteiger partial charge in [0.2, 0.25) is 0 Å². The van der Waals surface area contributed by atoms with Gasteiger partial charge in [0.25, 0.3) is 0 Å². The molecule has 0 atom stereocenters. The normalized spacial score (nSPS) is 15.9. The summed E-state index contributed by atoms with van der Waals surface area (Å²) in [7, 11) is 0. The van der Waals surface area contributed by atoms with Crippen molar-refractivity contribution < 1.29 is 14.7 Å². The third kappa shape index (κ3) is 2.03. The molecule has 1 N–H and O–H groups in total. The summed E-state index contributed by atoms with van der Waals surface area (Å²) in [6, 6.07) is 5.52. The minimum atomic E-state index is 0.561. The predicted molar refractivity (Wildman–Crippen MR) is 56.0 cm³/mol. The van der Waals surface area contributed by atoms with Crippen molar-refractivity contribution in [2.75, 3.05) is 13.2 Å². The molecule has 1 aliphatic heterocycles. The van der Waals surface area contributed by atoms with Crippen molar-refractivity contribution in [2.24, 2.45) is 5.16 Å². The molecule has 0 fully saturated rings. The average Bonchev–Trinajstić information content (AvgIpc) is 2.51. The smallest absolute Gasteiger partial charge is 0.161 e. The summed E-state index contributed by atoms with van der Waals surface area (Å²) in [5, 5.41) is 11.8. The van der Waals surface area contributed by atoms with Crippen molar-refractivity contribution in [3.8, 4) is 11.5 Å². The Morgan fingerprint density at radius 3 is 2.73 bits per heavy atom. The third-order valence-corrected chi connectivity index (χ3v) is 2.32. The predicted octanol–water partition coefficient (Wildman–Crippen LogP) is 2.05. The number of nitrogens with zero attached hydrogens (tertiary/aromatic N) is 1. The summed E-state index contributed by atoms with van der Waals surface area (Å²) < 4.78 is 11.0. The van der Waals surface area contributed by atoms with Crippen LogP contribution in [-0.4, -0.2) is 24.1 Å². The fourth-order valence-corrected chi connectivity index (χ4v) is 1.45. The van der Waals surface area contributed by atoms with Crippen LogP contribution in [0.25, 0.3) is 0 Å². The molecule has 0 spiro atoms. The average molecular weight is 207 g/mol. The van der Waals surface area contributed by atoms with Gasteiger partial charge in [0, 0.05) is 12.0 Å². The molecule has 1 aliphatic rings. The second kappa shape index (κ2) is 4.21. The van der Waals surface area contributed by atoms with Gasteiger partial charge in [0.1, 0.15) is 0 Å². The molecule has 0 saturated heterocycles. The first-order chi connectivity index (χ1) is 7.31. The van der Waals surface area contributed by atoms with E-state index < -0.39 is 0 Å². The first kappa shape index (κ1) is 9.83. The van der Waals surface area contributed by atoms with Gasteiger partial charge in [-0.05, 0) is 25.1 Å². The molecule has 1 heterocycles. The van der Waals surface area contributed by atoms with Crippen molar-refractivity contribution in [2.45, 2.75) is 13.3 Å². The Hall–Kier alpha value is -1.71. The van der Waals surface area contributed by atoms with Crippen LogP contribution < -0.4 is 9.47 Å². The lowest BCUT2D eigenvalue weighted by Gasteiger charge is -2.08. The molecule has 1 aromatic carbocycles. The molecule has 0 saturated carbocycles. The van der Waals surface area contributed by atoms with Gasteiger partial charge < -0.3 is 14.7 Å². The van der Waals surface area contributed by atoms with Gasteiger partial charge in [-0.3, -0.25) is 0 Å². The van der Waals surface area contributed by atoms with Crippen LogP contribution in [0.3, 0.4) is 0 Å². The minimum absolute atomic E-state index is 0.561. The molecule has 15 heavy (non-hydrogen) atoms. The van der Waals surface area contributed by atoms with Gasteiger partial charge in [-0.1, -0.05) is 5.16 Å². The Kier molecular flexibility index (Phi) is 2.76. The maximum absolute atomic E-state index is 8.66. The lowest BCUT2D eigenvalue weighted by molar-refractivity contribution is 0.297. The molecular weight excluding hydrogens is 194 g/mol. The molecule has 0 amide bonds. The first-order valence-electron chi connectivity index (χ1n) is 4.90. The highest BCUT2D eigenvalue weighted by Crippen LogP contribution is 2.30. The molecule has 80 valence electrons. The summed E-state index contributed by atoms with van der Waals surface area (Å²) in [6.45, 7) is 3.07. The van der Waals surface area contributed by atoms with Crippen LogP contribution in [0.15, 0.2) is 23.4 Å². The highest BCUT2D eigenvalue weighted by molar-refractivity contribution is 5.98. The van der Waals surface area contributed by atoms with Gasteiger partial charge in [0.05, 0.1) is 18.9 Å². The van der Waals surface area contributed by atoms with Crippen molar-refractivity contribution in [3.05, 3.63) is 23.8 Å². The largest absolute Gasteiger partial charge is 0.490 e. The highest BCUT2D eigenvalue weighted by atomic mass is 16.5. The second-order valence-electron chi connectivity index (χ2n) is 3.40. The van der Waals surface area contributed by atoms with E-state index >= 15 is 0 Å². The van der Waals surface area contributed by atoms with E-state index in [-0.39, 0.29) is 0 Å². The standard InChI is InChI=1S/C11H13NO3/c1-8(12-13)9-3-4-10-11(7-9)15-6-2-5-14-10/h3-4,7,13H,2,5-6H2,1H3. The minimum Gasteiger partial charge on any atom is -0.490 e. The Labute approximate surface area is 88.1 Å². The first-order valence-corrected chi connectivity index (χ1v) is 4.90. The SMILES string of the molecule is CC(=NO)c1ccc2c(c1)OCCCO2. The molecule has 0 unspecified atom stereocenters. The van der Waals surface area contributed by atoms with E-state index in [2.05, 4.69) is 5.16 Å². The van der Waals surface area contributed by atoms with Gasteiger partial charge >= 0.3 is 0 Å². The molecule has 0 radical (unpaired) electrons. The van der Waals surface area contributed by atoms with Crippen molar-refractivity contribution in [1.29, 1.82) is 0 Å². The Morgan fingerprint density at radius 2 is 2.00 bits per heavy atom. The van der Waals surface area contributed by atoms with Crippen LogP contribution in [-0.2, 0) is 0 Å². The fourth-order valence-electron chi connectivity index (χ4n) is 1.45. The van der Waals surface area contributed by atoms with Crippen LogP contribution in [0, 0.1) is 0 Å². The lowest BCUT2D eigenvalue weighted by atomic mass is 10.1. The zero-order valence-electron chi connectivity index (χ0n) is 8.56. The Balaban J connectivity index is 2.36. The zero-order chi connectivity index (χ0) is 10.7. The number of benzene rings is 1. The van der Waals surface area contributed by atoms with E-state index in [4.69, 9.17) is 14.7 Å². The molecule has 4 nitrogen and oxygen atoms in total. The van der Waals surface area contributed by atoms with Gasteiger partial charge in [0.15, 0.2) is 11.5 Å². The number of rotatable bonds is 1. The molecule has 4 heteroatoms. The van der Waals surface area contributed by atoms with Crippen molar-refractivity contribution in [3.63, 3.8) is 0 Å². The van der Waals surface area contributed by atoms with Crippen LogP contribution in [0.5, 0.6) is 11.5 Å². The van der Waals surface area contributed by atoms with E-state index in [0.29, 0.717) is 24.7 Å². The molecular formula is C11H13NO3. The summed E-state index contributed by atoms with van der Waals surface area (Å²) in [5.74, 6) is 1.47. The van der Waals surface area contributed by atoms with E-state index in [9.17, 15) is 0 Å². The zero-order valence-corrected chi connectivity index (χ0v) is 8.56. The second-order valence-corrected chi connectivity index (χ2v) is 3.40. The molecule has 1 aromatic rings. The van der Waals surface area contributed by atoms with Gasteiger partial charge in [-0.2, -0.15) is 0 Å². The summed E-state index contributed by atoms with van der Waals surface area (Å²) in [5.41, 5.74) is 1.40. The maximum Gasteiger partial charge on any atom is 0.161 e. The Bertz CT molecular complexity index is 387. The molecule has 0 aliphatic carbocycles. The highest BCUT2D eigenvalue weighted by Gasteiger charge is 2.11. The van der Waals surface area contributed by atoms with Crippen molar-refractivity contribution >= 4 is 5.71 Å². The van der Waals surface area contributed by atoms with Gasteiger partial charge in [-0.15, -0.1) is 0 Å². The number of hydrogen-bond donors (Lipinski definition) is 1. The molecule has 0 aromatic heterocycles. The van der Waals surface area contributed by atoms with Crippen LogP contribution in [0.1, 0.15) is 18.9 Å². The third-order valence-electron chi connectivity index (χ3n) is 2.32. The van der Waals surface area contributed by atoms with E-state index in [0.717, 1.165) is 17.7 Å². The van der Waals surface area contributed by atoms with Crippen LogP contribution >= 0.6 is 0 Å². The van der Waals surface area contributed by atoms with E-state index in [1.165, 1.54) is 0 Å². The number of hydrogen-bond acceptors (Lipinski definition) is 4. The van der Waals surface area contributed by atoms with E-state index in [1.807, 2.05) is 18.2 Å². The van der Waals surface area contributed by atoms with Crippen molar-refractivity contribution in [1.82, 2.24) is 0 Å². The van der Waals surface area contributed by atoms with E-state index in [1.54, 1.807) is 6.92 Å². The van der Waals surface area contributed by atoms with Crippen LogP contribution in [0.2, 0.25) is 0 Å². The monoisotopic (exact) mass is 207 g/mol. The quantitative estimate of drug-likeness (QED) is 0.435. The maximum atomic E-state index is 8.66. The fraction of sp³-hybridized carbons (Fsp3) is 0.364. The number of ether oxygens (including phenoxy) is 2. The number of fused-ring (bicyclic) bond motifs is 1. The van der Waals surface area contributed by atoms with Gasteiger partial charge in [-0.25, -0.2) is 0 Å². The Morgan fingerprint density at radius 1 is 1.27 bits per heavy atom. The molecule has 0 bridgehead atoms. The summed E-state index contributed by atoms with van der Waals surface area (Å²) >= 11 is 0. The summed E-state index contributed by atoms with van der Waals surface area (Å²) in [6.07, 6.45) is 0.886. The molecule has 2 rings (SSSR count).